The van der Waals surface area contributed by atoms with Crippen LogP contribution in [0.5, 0.6) is 5.75 Å². The Kier molecular flexibility index (Phi) is 12.9. The number of nitrogens with one attached hydrogen (secondary N) is 1. The van der Waals surface area contributed by atoms with Crippen molar-refractivity contribution >= 4 is 30.4 Å². The largest absolute Gasteiger partial charge is 0.673 e. The summed E-state index contributed by atoms with van der Waals surface area (Å²) in [5, 5.41) is 3.47. The first-order chi connectivity index (χ1) is 24.9. The van der Waals surface area contributed by atoms with Gasteiger partial charge in [0.1, 0.15) is 5.75 Å². The lowest BCUT2D eigenvalue weighted by Gasteiger charge is -2.37. The van der Waals surface area contributed by atoms with Gasteiger partial charge in [-0.15, -0.1) is 0 Å². The molecular formula is C39H40BClF4N4O3. The zero-order chi connectivity index (χ0) is 37.3. The first-order valence-corrected chi connectivity index (χ1v) is 17.1. The maximum Gasteiger partial charge on any atom is 0.673 e. The number of nitrogens with zero attached hydrogens (tertiary/aromatic N) is 2. The van der Waals surface area contributed by atoms with Gasteiger partial charge < -0.3 is 37.8 Å². The second-order valence-corrected chi connectivity index (χ2v) is 12.7. The number of amides is 1. The van der Waals surface area contributed by atoms with Crippen LogP contribution in [0.1, 0.15) is 16.8 Å². The van der Waals surface area contributed by atoms with Crippen LogP contribution in [-0.2, 0) is 11.3 Å². The van der Waals surface area contributed by atoms with Crippen molar-refractivity contribution in [2.45, 2.75) is 25.1 Å². The Morgan fingerprint density at radius 2 is 1.37 bits per heavy atom. The third-order valence-corrected chi connectivity index (χ3v) is 9.21. The minimum Gasteiger partial charge on any atom is -0.496 e. The molecule has 0 aliphatic carbocycles. The van der Waals surface area contributed by atoms with Gasteiger partial charge in [-0.25, -0.2) is 0 Å². The van der Waals surface area contributed by atoms with Crippen LogP contribution < -0.4 is 20.4 Å². The number of hydrogen-bond acceptors (Lipinski definition) is 5. The average molecular weight is 735 g/mol. The van der Waals surface area contributed by atoms with Gasteiger partial charge in [-0.3, -0.25) is 9.69 Å². The first-order valence-electron chi connectivity index (χ1n) is 16.8. The van der Waals surface area contributed by atoms with Crippen LogP contribution >= 0.6 is 11.6 Å². The number of likely N-dealkylation sites (tertiary alicyclic amines) is 1. The Hall–Kier alpha value is -4.91. The fourth-order valence-corrected chi connectivity index (χ4v) is 6.51. The molecule has 13 heteroatoms. The molecule has 5 aromatic rings. The normalized spacial score (nSPS) is 16.1. The third-order valence-electron chi connectivity index (χ3n) is 8.88. The molecule has 272 valence electrons. The molecule has 6 rings (SSSR count). The Morgan fingerprint density at radius 3 is 1.87 bits per heavy atom. The zero-order valence-electron chi connectivity index (χ0n) is 28.8. The van der Waals surface area contributed by atoms with E-state index in [2.05, 4.69) is 118 Å². The number of pyridine rings is 1. The molecule has 1 aliphatic heterocycles. The molecule has 52 heavy (non-hydrogen) atoms. The van der Waals surface area contributed by atoms with Crippen molar-refractivity contribution in [3.63, 3.8) is 0 Å². The van der Waals surface area contributed by atoms with Crippen LogP contribution in [0.2, 0.25) is 5.02 Å². The van der Waals surface area contributed by atoms with Crippen LogP contribution in [0.15, 0.2) is 115 Å². The highest BCUT2D eigenvalue weighted by Crippen LogP contribution is 2.31. The van der Waals surface area contributed by atoms with Gasteiger partial charge >= 0.3 is 7.25 Å². The number of methoxy groups -OCH3 is 2. The van der Waals surface area contributed by atoms with Crippen molar-refractivity contribution in [3.8, 4) is 39.4 Å². The number of benzene rings is 4. The van der Waals surface area contributed by atoms with E-state index in [1.807, 2.05) is 0 Å². The van der Waals surface area contributed by atoms with Gasteiger partial charge in [-0.1, -0.05) is 78.3 Å². The monoisotopic (exact) mass is 734 g/mol. The number of carbonyl (C=O) groups excluding carboxylic acids is 1. The Bertz CT molecular complexity index is 1870. The number of nitrogens with two attached hydrogens (primary N) is 1. The summed E-state index contributed by atoms with van der Waals surface area (Å²) >= 11 is 6.24. The molecule has 1 amide bonds. The quantitative estimate of drug-likeness (QED) is 0.0658. The number of halogens is 5. The molecule has 0 bridgehead atoms. The molecule has 7 nitrogen and oxygen atoms in total. The third kappa shape index (κ3) is 10.1. The summed E-state index contributed by atoms with van der Waals surface area (Å²) in [6, 6.07) is 39.3. The lowest BCUT2D eigenvalue weighted by molar-refractivity contribution is -0.675. The molecule has 0 unspecified atom stereocenters. The average Bonchev–Trinajstić information content (AvgIpc) is 3.15. The summed E-state index contributed by atoms with van der Waals surface area (Å²) in [5.41, 5.74) is 13.6. The summed E-state index contributed by atoms with van der Waals surface area (Å²) < 4.78 is 52.8. The maximum atomic E-state index is 13.3. The zero-order valence-corrected chi connectivity index (χ0v) is 29.6. The van der Waals surface area contributed by atoms with E-state index >= 15 is 0 Å². The predicted molar refractivity (Wildman–Crippen MR) is 199 cm³/mol. The standard InChI is InChI=1S/C39H39ClN4O3.BF4/c1-46-37-25-33(41)32(40)24-31(37)39(45)42-34-18-19-43(26-38(34)47-2)20-21-44-35(28-14-8-4-9-15-28)22-30(27-12-6-3-7-13-27)23-36(44)29-16-10-5-11-17-29;2-1(3,4)5/h3-17,22-25,34,38H,18-21,26H2,1-2H3,(H2-,41,42,45);/q;-1/p+1/t34-,38+;/m1./s1. The molecule has 1 aliphatic rings. The number of rotatable bonds is 10. The van der Waals surface area contributed by atoms with Crippen molar-refractivity contribution < 1.29 is 36.1 Å². The molecule has 0 radical (unpaired) electrons. The van der Waals surface area contributed by atoms with Crippen LogP contribution in [0.4, 0.5) is 23.0 Å². The lowest BCUT2D eigenvalue weighted by Crippen LogP contribution is -2.56. The second kappa shape index (κ2) is 17.5. The molecule has 1 fully saturated rings. The number of piperidine rings is 1. The highest BCUT2D eigenvalue weighted by atomic mass is 35.5. The van der Waals surface area contributed by atoms with Crippen LogP contribution in [-0.4, -0.2) is 64.1 Å². The number of ether oxygens (including phenoxy) is 2. The minimum absolute atomic E-state index is 0.164. The van der Waals surface area contributed by atoms with Gasteiger partial charge in [0.2, 0.25) is 11.4 Å². The SMILES string of the molecule is COc1cc(N)c(Cl)cc1C(=O)N[C@@H]1CCN(CC[n+]2c(-c3ccccc3)cc(-c3ccccc3)cc2-c2ccccc2)C[C@@H]1OC.F[B-](F)(F)F. The molecular weight excluding hydrogens is 695 g/mol. The van der Waals surface area contributed by atoms with Gasteiger partial charge in [0, 0.05) is 49.5 Å². The summed E-state index contributed by atoms with van der Waals surface area (Å²) in [6.45, 7) is 3.09. The van der Waals surface area contributed by atoms with Crippen LogP contribution in [0.3, 0.4) is 0 Å². The van der Waals surface area contributed by atoms with Crippen molar-refractivity contribution in [2.75, 3.05) is 39.6 Å². The molecule has 0 spiro atoms. The molecule has 1 aromatic heterocycles. The van der Waals surface area contributed by atoms with E-state index < -0.39 is 7.25 Å². The van der Waals surface area contributed by atoms with Gasteiger partial charge in [-0.05, 0) is 47.9 Å². The van der Waals surface area contributed by atoms with Crippen molar-refractivity contribution in [3.05, 3.63) is 126 Å². The van der Waals surface area contributed by atoms with Crippen molar-refractivity contribution in [2.24, 2.45) is 0 Å². The van der Waals surface area contributed by atoms with Crippen LogP contribution in [0, 0.1) is 0 Å². The maximum absolute atomic E-state index is 13.3. The Balaban J connectivity index is 0.000000979. The second-order valence-electron chi connectivity index (χ2n) is 12.3. The topological polar surface area (TPSA) is 80.7 Å². The summed E-state index contributed by atoms with van der Waals surface area (Å²) in [7, 11) is -2.79. The van der Waals surface area contributed by atoms with Crippen LogP contribution in [0.25, 0.3) is 33.6 Å². The van der Waals surface area contributed by atoms with Gasteiger partial charge in [0.05, 0.1) is 42.1 Å². The van der Waals surface area contributed by atoms with Crippen molar-refractivity contribution in [1.29, 1.82) is 0 Å². The van der Waals surface area contributed by atoms with Gasteiger partial charge in [-0.2, -0.15) is 4.57 Å². The van der Waals surface area contributed by atoms with E-state index in [9.17, 15) is 22.1 Å². The van der Waals surface area contributed by atoms with E-state index in [0.717, 1.165) is 48.6 Å². The smallest absolute Gasteiger partial charge is 0.496 e. The van der Waals surface area contributed by atoms with E-state index in [1.165, 1.54) is 18.2 Å². The molecule has 1 saturated heterocycles. The minimum atomic E-state index is -6.00. The predicted octanol–water partition coefficient (Wildman–Crippen LogP) is 8.04. The number of anilines is 1. The van der Waals surface area contributed by atoms with Crippen molar-refractivity contribution in [1.82, 2.24) is 10.2 Å². The Morgan fingerprint density at radius 1 is 0.846 bits per heavy atom. The highest BCUT2D eigenvalue weighted by Gasteiger charge is 2.32. The van der Waals surface area contributed by atoms with Gasteiger partial charge in [0.15, 0.2) is 6.54 Å². The number of carbonyl (C=O) groups is 1. The molecule has 2 atom stereocenters. The molecule has 2 heterocycles. The highest BCUT2D eigenvalue weighted by molar-refractivity contribution is 6.50. The first kappa shape index (κ1) is 38.3. The van der Waals surface area contributed by atoms with E-state index in [4.69, 9.17) is 26.8 Å². The van der Waals surface area contributed by atoms with E-state index in [1.54, 1.807) is 19.2 Å². The number of nitrogen functional groups attached to an aromatic ring is 1. The summed E-state index contributed by atoms with van der Waals surface area (Å²) in [6.07, 6.45) is 0.555. The number of hydrogen-bond donors (Lipinski definition) is 2. The fourth-order valence-electron chi connectivity index (χ4n) is 6.35. The number of aromatic nitrogens is 1. The molecule has 4 aromatic carbocycles. The summed E-state index contributed by atoms with van der Waals surface area (Å²) in [4.78, 5) is 15.7. The molecule has 0 saturated carbocycles. The summed E-state index contributed by atoms with van der Waals surface area (Å²) in [5.74, 6) is 0.118. The van der Waals surface area contributed by atoms with E-state index in [-0.39, 0.29) is 18.1 Å². The van der Waals surface area contributed by atoms with E-state index in [0.29, 0.717) is 28.6 Å². The Labute approximate surface area is 306 Å². The fraction of sp³-hybridized carbons (Fsp3) is 0.231. The lowest BCUT2D eigenvalue weighted by atomic mass is 9.98. The molecule has 3 N–H and O–H groups in total. The van der Waals surface area contributed by atoms with Gasteiger partial charge in [0.25, 0.3) is 5.91 Å².